The number of aryl methyl sites for hydroxylation is 1. The average molecular weight is 279 g/mol. The first-order valence-electron chi connectivity index (χ1n) is 6.41. The highest BCUT2D eigenvalue weighted by Crippen LogP contribution is 2.26. The SMILES string of the molecule is CCn1c(C)cc(CNc2ccc(O)c(Cl)c2)c1C. The van der Waals surface area contributed by atoms with Crippen molar-refractivity contribution in [1.82, 2.24) is 4.57 Å². The lowest BCUT2D eigenvalue weighted by atomic mass is 10.2. The maximum atomic E-state index is 9.38. The predicted molar refractivity (Wildman–Crippen MR) is 80.0 cm³/mol. The van der Waals surface area contributed by atoms with Crippen molar-refractivity contribution in [1.29, 1.82) is 0 Å². The quantitative estimate of drug-likeness (QED) is 0.827. The molecule has 0 unspecified atom stereocenters. The van der Waals surface area contributed by atoms with Crippen molar-refractivity contribution in [2.24, 2.45) is 0 Å². The van der Waals surface area contributed by atoms with Crippen molar-refractivity contribution in [2.45, 2.75) is 33.9 Å². The minimum absolute atomic E-state index is 0.108. The number of hydrogen-bond donors (Lipinski definition) is 2. The van der Waals surface area contributed by atoms with E-state index < -0.39 is 0 Å². The second-order valence-electron chi connectivity index (χ2n) is 4.66. The Morgan fingerprint density at radius 3 is 2.58 bits per heavy atom. The van der Waals surface area contributed by atoms with Crippen LogP contribution in [0.2, 0.25) is 5.02 Å². The summed E-state index contributed by atoms with van der Waals surface area (Å²) >= 11 is 5.88. The summed E-state index contributed by atoms with van der Waals surface area (Å²) in [6.45, 7) is 8.15. The Kier molecular flexibility index (Phi) is 4.05. The highest BCUT2D eigenvalue weighted by molar-refractivity contribution is 6.32. The molecule has 1 aromatic heterocycles. The topological polar surface area (TPSA) is 37.2 Å². The Labute approximate surface area is 118 Å². The van der Waals surface area contributed by atoms with Crippen LogP contribution in [0.3, 0.4) is 0 Å². The maximum Gasteiger partial charge on any atom is 0.134 e. The van der Waals surface area contributed by atoms with E-state index in [4.69, 9.17) is 11.6 Å². The highest BCUT2D eigenvalue weighted by atomic mass is 35.5. The second kappa shape index (κ2) is 5.57. The van der Waals surface area contributed by atoms with E-state index in [0.29, 0.717) is 5.02 Å². The van der Waals surface area contributed by atoms with Gasteiger partial charge in [-0.2, -0.15) is 0 Å². The van der Waals surface area contributed by atoms with Gasteiger partial charge in [-0.15, -0.1) is 0 Å². The van der Waals surface area contributed by atoms with Crippen LogP contribution in [0.25, 0.3) is 0 Å². The van der Waals surface area contributed by atoms with Crippen molar-refractivity contribution in [3.05, 3.63) is 46.2 Å². The van der Waals surface area contributed by atoms with Crippen LogP contribution in [-0.2, 0) is 13.1 Å². The van der Waals surface area contributed by atoms with E-state index in [1.165, 1.54) is 17.0 Å². The van der Waals surface area contributed by atoms with Gasteiger partial charge in [0.05, 0.1) is 5.02 Å². The van der Waals surface area contributed by atoms with Gasteiger partial charge in [-0.3, -0.25) is 0 Å². The molecule has 0 spiro atoms. The van der Waals surface area contributed by atoms with Gasteiger partial charge < -0.3 is 15.0 Å². The minimum Gasteiger partial charge on any atom is -0.506 e. The molecule has 3 nitrogen and oxygen atoms in total. The minimum atomic E-state index is 0.108. The number of anilines is 1. The molecule has 0 aliphatic rings. The second-order valence-corrected chi connectivity index (χ2v) is 5.07. The van der Waals surface area contributed by atoms with E-state index in [0.717, 1.165) is 18.8 Å². The van der Waals surface area contributed by atoms with Gasteiger partial charge in [0.25, 0.3) is 0 Å². The number of hydrogen-bond acceptors (Lipinski definition) is 2. The molecule has 102 valence electrons. The van der Waals surface area contributed by atoms with Gasteiger partial charge in [-0.25, -0.2) is 0 Å². The molecule has 0 radical (unpaired) electrons. The summed E-state index contributed by atoms with van der Waals surface area (Å²) in [4.78, 5) is 0. The fraction of sp³-hybridized carbons (Fsp3) is 0.333. The molecule has 0 fully saturated rings. The molecule has 0 amide bonds. The lowest BCUT2D eigenvalue weighted by Crippen LogP contribution is -2.03. The number of nitrogens with one attached hydrogen (secondary N) is 1. The van der Waals surface area contributed by atoms with Gasteiger partial charge in [0.15, 0.2) is 0 Å². The summed E-state index contributed by atoms with van der Waals surface area (Å²) in [5.74, 6) is 0.108. The Balaban J connectivity index is 2.12. The zero-order chi connectivity index (χ0) is 14.0. The average Bonchev–Trinajstić information content (AvgIpc) is 2.65. The van der Waals surface area contributed by atoms with Crippen molar-refractivity contribution in [3.63, 3.8) is 0 Å². The monoisotopic (exact) mass is 278 g/mol. The molecular weight excluding hydrogens is 260 g/mol. The van der Waals surface area contributed by atoms with E-state index in [1.807, 2.05) is 6.07 Å². The highest BCUT2D eigenvalue weighted by Gasteiger charge is 2.07. The first-order chi connectivity index (χ1) is 9.02. The molecular formula is C15H19ClN2O. The molecule has 2 N–H and O–H groups in total. The molecule has 2 aromatic rings. The summed E-state index contributed by atoms with van der Waals surface area (Å²) < 4.78 is 2.29. The molecule has 2 rings (SSSR count). The third-order valence-electron chi connectivity index (χ3n) is 3.43. The fourth-order valence-corrected chi connectivity index (χ4v) is 2.53. The lowest BCUT2D eigenvalue weighted by Gasteiger charge is -2.09. The maximum absolute atomic E-state index is 9.38. The third kappa shape index (κ3) is 2.87. The summed E-state index contributed by atoms with van der Waals surface area (Å²) in [5, 5.41) is 13.1. The number of nitrogens with zero attached hydrogens (tertiary/aromatic N) is 1. The van der Waals surface area contributed by atoms with Crippen LogP contribution in [0.1, 0.15) is 23.9 Å². The normalized spacial score (nSPS) is 10.7. The predicted octanol–water partition coefficient (Wildman–Crippen LogP) is 4.10. The first-order valence-corrected chi connectivity index (χ1v) is 6.78. The van der Waals surface area contributed by atoms with Gasteiger partial charge in [0, 0.05) is 30.2 Å². The van der Waals surface area contributed by atoms with E-state index in [9.17, 15) is 5.11 Å². The van der Waals surface area contributed by atoms with Gasteiger partial charge >= 0.3 is 0 Å². The van der Waals surface area contributed by atoms with Gasteiger partial charge in [0.2, 0.25) is 0 Å². The van der Waals surface area contributed by atoms with E-state index >= 15 is 0 Å². The van der Waals surface area contributed by atoms with Crippen LogP contribution in [0.5, 0.6) is 5.75 Å². The zero-order valence-electron chi connectivity index (χ0n) is 11.5. The molecule has 1 heterocycles. The van der Waals surface area contributed by atoms with E-state index in [1.54, 1.807) is 12.1 Å². The van der Waals surface area contributed by atoms with Gasteiger partial charge in [-0.1, -0.05) is 11.6 Å². The van der Waals surface area contributed by atoms with Crippen LogP contribution in [-0.4, -0.2) is 9.67 Å². The Hall–Kier alpha value is -1.61. The molecule has 0 saturated carbocycles. The number of aromatic nitrogens is 1. The Morgan fingerprint density at radius 1 is 1.26 bits per heavy atom. The zero-order valence-corrected chi connectivity index (χ0v) is 12.3. The lowest BCUT2D eigenvalue weighted by molar-refractivity contribution is 0.475. The molecule has 4 heteroatoms. The summed E-state index contributed by atoms with van der Waals surface area (Å²) in [6.07, 6.45) is 0. The summed E-state index contributed by atoms with van der Waals surface area (Å²) in [5.41, 5.74) is 4.76. The first kappa shape index (κ1) is 13.8. The van der Waals surface area contributed by atoms with Crippen LogP contribution in [0.4, 0.5) is 5.69 Å². The van der Waals surface area contributed by atoms with Gasteiger partial charge in [0.1, 0.15) is 5.75 Å². The number of aromatic hydroxyl groups is 1. The standard InChI is InChI=1S/C15H19ClN2O/c1-4-18-10(2)7-12(11(18)3)9-17-13-5-6-15(19)14(16)8-13/h5-8,17,19H,4,9H2,1-3H3. The van der Waals surface area contributed by atoms with Crippen molar-refractivity contribution in [3.8, 4) is 5.75 Å². The van der Waals surface area contributed by atoms with Crippen molar-refractivity contribution >= 4 is 17.3 Å². The number of phenols is 1. The third-order valence-corrected chi connectivity index (χ3v) is 3.73. The molecule has 0 saturated heterocycles. The van der Waals surface area contributed by atoms with Crippen molar-refractivity contribution in [2.75, 3.05) is 5.32 Å². The summed E-state index contributed by atoms with van der Waals surface area (Å²) in [7, 11) is 0. The smallest absolute Gasteiger partial charge is 0.134 e. The fourth-order valence-electron chi connectivity index (χ4n) is 2.35. The van der Waals surface area contributed by atoms with Crippen LogP contribution in [0.15, 0.2) is 24.3 Å². The van der Waals surface area contributed by atoms with Crippen molar-refractivity contribution < 1.29 is 5.11 Å². The Morgan fingerprint density at radius 2 is 2.00 bits per heavy atom. The van der Waals surface area contributed by atoms with E-state index in [-0.39, 0.29) is 5.75 Å². The van der Waals surface area contributed by atoms with E-state index in [2.05, 4.69) is 36.7 Å². The van der Waals surface area contributed by atoms with Crippen LogP contribution >= 0.6 is 11.6 Å². The summed E-state index contributed by atoms with van der Waals surface area (Å²) in [6, 6.07) is 7.35. The molecule has 0 bridgehead atoms. The molecule has 1 aromatic carbocycles. The number of phenolic OH excluding ortho intramolecular Hbond substituents is 1. The molecule has 0 aliphatic heterocycles. The number of rotatable bonds is 4. The number of halogens is 1. The largest absolute Gasteiger partial charge is 0.506 e. The molecule has 0 atom stereocenters. The Bertz CT molecular complexity index is 590. The van der Waals surface area contributed by atoms with Crippen LogP contribution in [0, 0.1) is 13.8 Å². The number of benzene rings is 1. The molecule has 19 heavy (non-hydrogen) atoms. The van der Waals surface area contributed by atoms with Gasteiger partial charge in [-0.05, 0) is 50.6 Å². The van der Waals surface area contributed by atoms with Crippen LogP contribution < -0.4 is 5.32 Å². The molecule has 0 aliphatic carbocycles.